The molecule has 0 amide bonds. The monoisotopic (exact) mass is 315 g/mol. The Hall–Kier alpha value is -2.41. The van der Waals surface area contributed by atoms with E-state index in [9.17, 15) is 0 Å². The summed E-state index contributed by atoms with van der Waals surface area (Å²) in [5.41, 5.74) is 9.83. The second kappa shape index (κ2) is 6.60. The third-order valence-corrected chi connectivity index (χ3v) is 4.63. The Balaban J connectivity index is 2.06. The minimum absolute atomic E-state index is 0.353. The Labute approximate surface area is 145 Å². The zero-order valence-corrected chi connectivity index (χ0v) is 15.2. The molecule has 0 saturated carbocycles. The summed E-state index contributed by atoms with van der Waals surface area (Å²) in [4.78, 5) is 4.99. The molecule has 1 aliphatic carbocycles. The molecule has 2 aromatic rings. The van der Waals surface area contributed by atoms with E-state index in [-0.39, 0.29) is 0 Å². The highest BCUT2D eigenvalue weighted by Crippen LogP contribution is 2.31. The van der Waals surface area contributed by atoms with Gasteiger partial charge in [0.2, 0.25) is 0 Å². The molecule has 0 bridgehead atoms. The number of aryl methyl sites for hydroxylation is 3. The van der Waals surface area contributed by atoms with Crippen LogP contribution in [0.4, 0.5) is 5.69 Å². The second-order valence-electron chi connectivity index (χ2n) is 6.83. The lowest BCUT2D eigenvalue weighted by Gasteiger charge is -2.14. The van der Waals surface area contributed by atoms with Crippen molar-refractivity contribution in [2.45, 2.75) is 40.5 Å². The highest BCUT2D eigenvalue weighted by atomic mass is 14.8. The van der Waals surface area contributed by atoms with Crippen LogP contribution in [-0.2, 0) is 0 Å². The third kappa shape index (κ3) is 3.26. The molecule has 1 nitrogen and oxygen atoms in total. The molecule has 1 atom stereocenters. The van der Waals surface area contributed by atoms with Crippen molar-refractivity contribution < 1.29 is 0 Å². The van der Waals surface area contributed by atoms with Crippen molar-refractivity contribution in [3.05, 3.63) is 88.0 Å². The number of allylic oxidation sites excluding steroid dienone is 4. The van der Waals surface area contributed by atoms with Gasteiger partial charge in [-0.05, 0) is 56.9 Å². The summed E-state index contributed by atoms with van der Waals surface area (Å²) in [6.45, 7) is 10.7. The molecule has 0 fully saturated rings. The van der Waals surface area contributed by atoms with Gasteiger partial charge in [-0.1, -0.05) is 65.8 Å². The molecular weight excluding hydrogens is 290 g/mol. The van der Waals surface area contributed by atoms with Gasteiger partial charge in [0.05, 0.1) is 5.69 Å². The minimum atomic E-state index is 0.353. The molecule has 1 aliphatic rings. The van der Waals surface area contributed by atoms with E-state index >= 15 is 0 Å². The standard InChI is InChI=1S/C23H25N/c1-15-10-11-20(14-15)22-9-7-6-8-21(22)19(5)24-23-17(3)12-16(2)13-18(23)4/h6-14,20H,1-5H3. The summed E-state index contributed by atoms with van der Waals surface area (Å²) in [7, 11) is 0. The summed E-state index contributed by atoms with van der Waals surface area (Å²) < 4.78 is 0. The van der Waals surface area contributed by atoms with E-state index < -0.39 is 0 Å². The van der Waals surface area contributed by atoms with Crippen LogP contribution in [0.3, 0.4) is 0 Å². The Bertz CT molecular complexity index is 842. The van der Waals surface area contributed by atoms with E-state index in [0.29, 0.717) is 5.92 Å². The largest absolute Gasteiger partial charge is 0.253 e. The summed E-state index contributed by atoms with van der Waals surface area (Å²) in [5, 5.41) is 0. The van der Waals surface area contributed by atoms with E-state index in [2.05, 4.69) is 89.2 Å². The predicted molar refractivity (Wildman–Crippen MR) is 105 cm³/mol. The molecule has 122 valence electrons. The van der Waals surface area contributed by atoms with Gasteiger partial charge >= 0.3 is 0 Å². The highest BCUT2D eigenvalue weighted by Gasteiger charge is 2.15. The normalized spacial score (nSPS) is 17.3. The fourth-order valence-electron chi connectivity index (χ4n) is 3.54. The lowest BCUT2D eigenvalue weighted by Crippen LogP contribution is -2.03. The first-order valence-electron chi connectivity index (χ1n) is 8.55. The zero-order valence-electron chi connectivity index (χ0n) is 15.2. The molecule has 0 spiro atoms. The van der Waals surface area contributed by atoms with Crippen molar-refractivity contribution in [1.82, 2.24) is 0 Å². The molecular formula is C23H25N. The van der Waals surface area contributed by atoms with Crippen LogP contribution in [0.2, 0.25) is 0 Å². The van der Waals surface area contributed by atoms with Gasteiger partial charge < -0.3 is 0 Å². The highest BCUT2D eigenvalue weighted by molar-refractivity contribution is 6.02. The zero-order chi connectivity index (χ0) is 17.3. The van der Waals surface area contributed by atoms with Crippen LogP contribution in [0.15, 0.2) is 65.2 Å². The van der Waals surface area contributed by atoms with Crippen LogP contribution >= 0.6 is 0 Å². The van der Waals surface area contributed by atoms with E-state index in [1.165, 1.54) is 33.4 Å². The van der Waals surface area contributed by atoms with Gasteiger partial charge in [0, 0.05) is 11.6 Å². The summed E-state index contributed by atoms with van der Waals surface area (Å²) >= 11 is 0. The van der Waals surface area contributed by atoms with Gasteiger partial charge in [-0.2, -0.15) is 0 Å². The molecule has 1 heteroatoms. The van der Waals surface area contributed by atoms with Gasteiger partial charge in [0.25, 0.3) is 0 Å². The van der Waals surface area contributed by atoms with Crippen LogP contribution in [0, 0.1) is 20.8 Å². The number of benzene rings is 2. The van der Waals surface area contributed by atoms with E-state index in [1.54, 1.807) is 0 Å². The summed E-state index contributed by atoms with van der Waals surface area (Å²) in [6.07, 6.45) is 6.78. The van der Waals surface area contributed by atoms with Gasteiger partial charge in [-0.3, -0.25) is 4.99 Å². The van der Waals surface area contributed by atoms with E-state index in [0.717, 1.165) is 11.4 Å². The van der Waals surface area contributed by atoms with E-state index in [1.807, 2.05) is 0 Å². The Morgan fingerprint density at radius 2 is 1.62 bits per heavy atom. The molecule has 0 saturated heterocycles. The Morgan fingerprint density at radius 1 is 0.958 bits per heavy atom. The SMILES string of the molecule is CC1=CC(c2ccccc2C(C)=Nc2c(C)cc(C)cc2C)C=C1. The van der Waals surface area contributed by atoms with Crippen molar-refractivity contribution in [2.75, 3.05) is 0 Å². The summed E-state index contributed by atoms with van der Waals surface area (Å²) in [5.74, 6) is 0.353. The minimum Gasteiger partial charge on any atom is -0.253 e. The van der Waals surface area contributed by atoms with E-state index in [4.69, 9.17) is 4.99 Å². The lowest BCUT2D eigenvalue weighted by molar-refractivity contribution is 1.09. The summed E-state index contributed by atoms with van der Waals surface area (Å²) in [6, 6.07) is 13.0. The van der Waals surface area contributed by atoms with Gasteiger partial charge in [-0.25, -0.2) is 0 Å². The predicted octanol–water partition coefficient (Wildman–Crippen LogP) is 6.35. The van der Waals surface area contributed by atoms with Crippen LogP contribution < -0.4 is 0 Å². The average molecular weight is 315 g/mol. The topological polar surface area (TPSA) is 12.4 Å². The lowest BCUT2D eigenvalue weighted by atomic mass is 9.93. The number of hydrogen-bond donors (Lipinski definition) is 0. The smallest absolute Gasteiger partial charge is 0.0691 e. The molecule has 3 rings (SSSR count). The van der Waals surface area contributed by atoms with Crippen molar-refractivity contribution in [3.8, 4) is 0 Å². The van der Waals surface area contributed by atoms with Crippen molar-refractivity contribution in [1.29, 1.82) is 0 Å². The molecule has 0 aromatic heterocycles. The fraction of sp³-hybridized carbons (Fsp3) is 0.261. The number of rotatable bonds is 3. The number of aliphatic imine (C=N–C) groups is 1. The van der Waals surface area contributed by atoms with Crippen LogP contribution in [0.25, 0.3) is 0 Å². The van der Waals surface area contributed by atoms with Gasteiger partial charge in [0.1, 0.15) is 0 Å². The number of nitrogens with zero attached hydrogens (tertiary/aromatic N) is 1. The first-order chi connectivity index (χ1) is 11.5. The molecule has 24 heavy (non-hydrogen) atoms. The molecule has 0 radical (unpaired) electrons. The van der Waals surface area contributed by atoms with Crippen molar-refractivity contribution in [3.63, 3.8) is 0 Å². The van der Waals surface area contributed by atoms with Gasteiger partial charge in [0.15, 0.2) is 0 Å². The molecule has 1 unspecified atom stereocenters. The molecule has 0 N–H and O–H groups in total. The van der Waals surface area contributed by atoms with Crippen LogP contribution in [0.5, 0.6) is 0 Å². The molecule has 2 aromatic carbocycles. The molecule has 0 heterocycles. The Kier molecular flexibility index (Phi) is 4.53. The fourth-order valence-corrected chi connectivity index (χ4v) is 3.54. The maximum atomic E-state index is 4.99. The Morgan fingerprint density at radius 3 is 2.25 bits per heavy atom. The maximum Gasteiger partial charge on any atom is 0.0691 e. The van der Waals surface area contributed by atoms with Crippen molar-refractivity contribution >= 4 is 11.4 Å². The third-order valence-electron chi connectivity index (χ3n) is 4.63. The number of hydrogen-bond acceptors (Lipinski definition) is 1. The second-order valence-corrected chi connectivity index (χ2v) is 6.83. The average Bonchev–Trinajstić information content (AvgIpc) is 2.97. The van der Waals surface area contributed by atoms with Crippen LogP contribution in [-0.4, -0.2) is 5.71 Å². The maximum absolute atomic E-state index is 4.99. The first-order valence-corrected chi connectivity index (χ1v) is 8.55. The first kappa shape index (κ1) is 16.4. The van der Waals surface area contributed by atoms with Gasteiger partial charge in [-0.15, -0.1) is 0 Å². The van der Waals surface area contributed by atoms with Crippen molar-refractivity contribution in [2.24, 2.45) is 4.99 Å². The quantitative estimate of drug-likeness (QED) is 0.585. The van der Waals surface area contributed by atoms with Crippen LogP contribution in [0.1, 0.15) is 47.6 Å². The molecule has 0 aliphatic heterocycles.